The van der Waals surface area contributed by atoms with Gasteiger partial charge in [0.1, 0.15) is 11.4 Å². The topological polar surface area (TPSA) is 88.5 Å². The molecule has 142 valence electrons. The Kier molecular flexibility index (Phi) is 4.65. The van der Waals surface area contributed by atoms with Gasteiger partial charge in [-0.3, -0.25) is 9.97 Å². The van der Waals surface area contributed by atoms with Crippen molar-refractivity contribution in [3.8, 4) is 40.0 Å². The van der Waals surface area contributed by atoms with Crippen LogP contribution in [0.25, 0.3) is 34.0 Å². The van der Waals surface area contributed by atoms with Gasteiger partial charge >= 0.3 is 0 Å². The summed E-state index contributed by atoms with van der Waals surface area (Å²) in [6, 6.07) is 17.7. The fourth-order valence-corrected chi connectivity index (χ4v) is 2.94. The van der Waals surface area contributed by atoms with E-state index in [0.717, 1.165) is 22.5 Å². The molecule has 0 radical (unpaired) electrons. The third-order valence-electron chi connectivity index (χ3n) is 4.74. The molecule has 0 spiro atoms. The monoisotopic (exact) mass is 381 g/mol. The molecule has 0 aliphatic rings. The summed E-state index contributed by atoms with van der Waals surface area (Å²) in [6.45, 7) is 5.56. The Labute approximate surface area is 168 Å². The van der Waals surface area contributed by atoms with E-state index in [1.165, 1.54) is 0 Å². The van der Waals surface area contributed by atoms with Gasteiger partial charge in [-0.05, 0) is 32.9 Å². The van der Waals surface area contributed by atoms with E-state index in [9.17, 15) is 5.26 Å². The molecule has 0 saturated heterocycles. The minimum absolute atomic E-state index is 0.558. The molecule has 0 N–H and O–H groups in total. The van der Waals surface area contributed by atoms with Gasteiger partial charge in [0.25, 0.3) is 0 Å². The number of aromatic nitrogens is 4. The van der Waals surface area contributed by atoms with Crippen LogP contribution >= 0.6 is 0 Å². The third kappa shape index (κ3) is 3.63. The second-order valence-electron chi connectivity index (χ2n) is 7.30. The lowest BCUT2D eigenvalue weighted by Crippen LogP contribution is -2.15. The molecule has 3 heterocycles. The highest BCUT2D eigenvalue weighted by molar-refractivity contribution is 5.68. The van der Waals surface area contributed by atoms with Crippen LogP contribution in [0.2, 0.25) is 0 Å². The van der Waals surface area contributed by atoms with Crippen molar-refractivity contribution in [1.82, 2.24) is 20.1 Å². The quantitative estimate of drug-likeness (QED) is 0.496. The zero-order valence-electron chi connectivity index (χ0n) is 16.4. The number of rotatable bonds is 4. The highest BCUT2D eigenvalue weighted by Crippen LogP contribution is 2.29. The molecule has 1 aromatic carbocycles. The Hall–Kier alpha value is -3.85. The van der Waals surface area contributed by atoms with Crippen molar-refractivity contribution in [3.05, 3.63) is 72.3 Å². The fraction of sp³-hybridized carbons (Fsp3) is 0.174. The maximum atomic E-state index is 9.40. The summed E-state index contributed by atoms with van der Waals surface area (Å²) >= 11 is 0. The Morgan fingerprint density at radius 2 is 1.76 bits per heavy atom. The second kappa shape index (κ2) is 7.28. The van der Waals surface area contributed by atoms with Gasteiger partial charge in [-0.2, -0.15) is 5.26 Å². The first-order valence-electron chi connectivity index (χ1n) is 9.22. The predicted molar refractivity (Wildman–Crippen MR) is 110 cm³/mol. The number of aryl methyl sites for hydroxylation is 1. The molecule has 3 aromatic heterocycles. The number of pyridine rings is 1. The molecule has 0 fully saturated rings. The van der Waals surface area contributed by atoms with Crippen LogP contribution in [0.15, 0.2) is 65.4 Å². The number of hydrogen-bond donors (Lipinski definition) is 0. The molecule has 4 aromatic rings. The molecule has 0 saturated carbocycles. The maximum absolute atomic E-state index is 9.40. The van der Waals surface area contributed by atoms with Gasteiger partial charge in [0, 0.05) is 23.4 Å². The number of hydrogen-bond acceptors (Lipinski definition) is 6. The summed E-state index contributed by atoms with van der Waals surface area (Å²) in [5.74, 6) is 0.558. The summed E-state index contributed by atoms with van der Waals surface area (Å²) in [5, 5.41) is 13.6. The van der Waals surface area contributed by atoms with Crippen molar-refractivity contribution in [2.24, 2.45) is 0 Å². The fourth-order valence-electron chi connectivity index (χ4n) is 2.94. The summed E-state index contributed by atoms with van der Waals surface area (Å²) < 4.78 is 5.56. The van der Waals surface area contributed by atoms with Crippen molar-refractivity contribution in [3.63, 3.8) is 0 Å². The van der Waals surface area contributed by atoms with Crippen molar-refractivity contribution >= 4 is 0 Å². The smallest absolute Gasteiger partial charge is 0.187 e. The molecule has 0 unspecified atom stereocenters. The van der Waals surface area contributed by atoms with Crippen molar-refractivity contribution in [1.29, 1.82) is 5.26 Å². The van der Waals surface area contributed by atoms with Crippen LogP contribution in [-0.2, 0) is 5.41 Å². The van der Waals surface area contributed by atoms with Gasteiger partial charge in [-0.1, -0.05) is 35.5 Å². The van der Waals surface area contributed by atoms with Crippen LogP contribution in [-0.4, -0.2) is 20.1 Å². The molecule has 6 nitrogen and oxygen atoms in total. The molecule has 0 aliphatic carbocycles. The van der Waals surface area contributed by atoms with E-state index in [4.69, 9.17) is 9.51 Å². The van der Waals surface area contributed by atoms with Crippen LogP contribution < -0.4 is 0 Å². The lowest BCUT2D eigenvalue weighted by molar-refractivity contribution is 0.433. The second-order valence-corrected chi connectivity index (χ2v) is 7.30. The van der Waals surface area contributed by atoms with E-state index in [1.54, 1.807) is 12.4 Å². The van der Waals surface area contributed by atoms with Gasteiger partial charge in [0.2, 0.25) is 0 Å². The van der Waals surface area contributed by atoms with E-state index >= 15 is 0 Å². The van der Waals surface area contributed by atoms with E-state index < -0.39 is 5.41 Å². The molecule has 0 bridgehead atoms. The average Bonchev–Trinajstić information content (AvgIpc) is 3.25. The van der Waals surface area contributed by atoms with Crippen molar-refractivity contribution in [2.75, 3.05) is 0 Å². The molecule has 29 heavy (non-hydrogen) atoms. The van der Waals surface area contributed by atoms with Crippen LogP contribution in [0.3, 0.4) is 0 Å². The van der Waals surface area contributed by atoms with Crippen LogP contribution in [0.1, 0.15) is 25.2 Å². The Morgan fingerprint density at radius 1 is 0.966 bits per heavy atom. The first-order valence-corrected chi connectivity index (χ1v) is 9.22. The number of nitrogens with zero attached hydrogens (tertiary/aromatic N) is 5. The summed E-state index contributed by atoms with van der Waals surface area (Å²) in [5.41, 5.74) is 4.62. The lowest BCUT2D eigenvalue weighted by Gasteiger charge is -2.15. The Balaban J connectivity index is 1.74. The third-order valence-corrected chi connectivity index (χ3v) is 4.74. The summed E-state index contributed by atoms with van der Waals surface area (Å²) in [7, 11) is 0. The lowest BCUT2D eigenvalue weighted by atomic mass is 9.90. The zero-order valence-corrected chi connectivity index (χ0v) is 16.4. The van der Waals surface area contributed by atoms with Gasteiger partial charge in [-0.15, -0.1) is 0 Å². The summed E-state index contributed by atoms with van der Waals surface area (Å²) in [6.07, 6.45) is 3.40. The van der Waals surface area contributed by atoms with E-state index in [0.29, 0.717) is 22.8 Å². The Bertz CT molecular complexity index is 1210. The van der Waals surface area contributed by atoms with Gasteiger partial charge in [0.05, 0.1) is 34.8 Å². The maximum Gasteiger partial charge on any atom is 0.187 e. The highest BCUT2D eigenvalue weighted by atomic mass is 16.5. The molecule has 0 aliphatic heterocycles. The van der Waals surface area contributed by atoms with E-state index in [1.807, 2.05) is 69.3 Å². The van der Waals surface area contributed by atoms with Crippen LogP contribution in [0.5, 0.6) is 0 Å². The molecule has 6 heteroatoms. The van der Waals surface area contributed by atoms with Gasteiger partial charge in [0.15, 0.2) is 5.76 Å². The van der Waals surface area contributed by atoms with Crippen LogP contribution in [0.4, 0.5) is 0 Å². The molecular weight excluding hydrogens is 362 g/mol. The van der Waals surface area contributed by atoms with E-state index in [-0.39, 0.29) is 0 Å². The standard InChI is InChI=1S/C23H19N5O/c1-15-22(20-12-18(28-29-20)16-7-5-4-6-8-16)27-19(13-26-15)17-9-10-25-21(11-17)23(2,3)14-24/h4-13H,1-3H3. The predicted octanol–water partition coefficient (Wildman–Crippen LogP) is 4.97. The number of benzene rings is 1. The molecule has 4 rings (SSSR count). The molecule has 0 amide bonds. The van der Waals surface area contributed by atoms with E-state index in [2.05, 4.69) is 21.2 Å². The molecule has 0 atom stereocenters. The normalized spacial score (nSPS) is 11.2. The van der Waals surface area contributed by atoms with Gasteiger partial charge in [-0.25, -0.2) is 4.98 Å². The SMILES string of the molecule is Cc1ncc(-c2ccnc(C(C)(C)C#N)c2)nc1-c1cc(-c2ccccc2)no1. The highest BCUT2D eigenvalue weighted by Gasteiger charge is 2.22. The average molecular weight is 381 g/mol. The van der Waals surface area contributed by atoms with Crippen molar-refractivity contribution < 1.29 is 4.52 Å². The zero-order chi connectivity index (χ0) is 20.4. The first kappa shape index (κ1) is 18.5. The number of nitriles is 1. The molecular formula is C23H19N5O. The first-order chi connectivity index (χ1) is 14.0. The minimum Gasteiger partial charge on any atom is -0.354 e. The van der Waals surface area contributed by atoms with Crippen molar-refractivity contribution in [2.45, 2.75) is 26.2 Å². The van der Waals surface area contributed by atoms with Gasteiger partial charge < -0.3 is 4.52 Å². The van der Waals surface area contributed by atoms with Crippen LogP contribution in [0, 0.1) is 18.3 Å². The summed E-state index contributed by atoms with van der Waals surface area (Å²) in [4.78, 5) is 13.6. The largest absolute Gasteiger partial charge is 0.354 e. The minimum atomic E-state index is -0.688. The Morgan fingerprint density at radius 3 is 2.52 bits per heavy atom.